The van der Waals surface area contributed by atoms with Gasteiger partial charge in [-0.3, -0.25) is 14.9 Å². The van der Waals surface area contributed by atoms with Crippen LogP contribution in [0.3, 0.4) is 0 Å². The van der Waals surface area contributed by atoms with Gasteiger partial charge in [0.1, 0.15) is 12.1 Å². The highest BCUT2D eigenvalue weighted by Gasteiger charge is 2.31. The van der Waals surface area contributed by atoms with E-state index in [1.807, 2.05) is 51.2 Å². The molecule has 0 radical (unpaired) electrons. The lowest BCUT2D eigenvalue weighted by molar-refractivity contribution is -0.138. The predicted octanol–water partition coefficient (Wildman–Crippen LogP) is 5.91. The van der Waals surface area contributed by atoms with Crippen molar-refractivity contribution in [1.82, 2.24) is 20.4 Å². The summed E-state index contributed by atoms with van der Waals surface area (Å²) in [6, 6.07) is 0. The van der Waals surface area contributed by atoms with Gasteiger partial charge >= 0.3 is 0 Å². The van der Waals surface area contributed by atoms with Crippen molar-refractivity contribution in [2.75, 3.05) is 19.6 Å². The van der Waals surface area contributed by atoms with Gasteiger partial charge in [-0.2, -0.15) is 5.10 Å². The molecule has 1 aliphatic rings. The molecule has 41 heavy (non-hydrogen) atoms. The molecule has 2 heterocycles. The van der Waals surface area contributed by atoms with Crippen LogP contribution in [0.5, 0.6) is 0 Å². The van der Waals surface area contributed by atoms with E-state index in [2.05, 4.69) is 27.1 Å². The third kappa shape index (κ3) is 11.6. The standard InChI is InChI=1S/C31H42F2N6O2/c1-7-27(14-12-23(4)26-19-35-36-20-26)37-28(15-17-40)38-29(34-8-2)25-10-9-16-39(21-22(3)11-13-25)30(41)24(5)18-31(6,32)33/h7,10-14,17,19-20,22,24H,1,8-9,15-16,18,21H2,2-6H3,(H,35,36)(H,34,37,38)/b13-11?,23-12+,25-10?,27-14+. The Kier molecular flexibility index (Phi) is 13.3. The monoisotopic (exact) mass is 568 g/mol. The predicted molar refractivity (Wildman–Crippen MR) is 162 cm³/mol. The summed E-state index contributed by atoms with van der Waals surface area (Å²) >= 11 is 0. The number of allylic oxidation sites excluding steroid dienone is 4. The number of carbonyl (C=O) groups excluding carboxylic acids is 2. The van der Waals surface area contributed by atoms with Gasteiger partial charge in [0.05, 0.1) is 12.6 Å². The summed E-state index contributed by atoms with van der Waals surface area (Å²) in [4.78, 5) is 35.4. The van der Waals surface area contributed by atoms with Crippen LogP contribution in [0.1, 0.15) is 59.4 Å². The van der Waals surface area contributed by atoms with E-state index in [4.69, 9.17) is 4.99 Å². The van der Waals surface area contributed by atoms with Crippen molar-refractivity contribution < 1.29 is 18.4 Å². The smallest absolute Gasteiger partial charge is 0.246 e. The summed E-state index contributed by atoms with van der Waals surface area (Å²) in [5.41, 5.74) is 3.35. The minimum absolute atomic E-state index is 0.0187. The number of amidine groups is 2. The van der Waals surface area contributed by atoms with Crippen LogP contribution >= 0.6 is 0 Å². The molecule has 1 aliphatic heterocycles. The Labute approximate surface area is 241 Å². The molecular formula is C31H42F2N6O2. The Morgan fingerprint density at radius 1 is 1.39 bits per heavy atom. The normalized spacial score (nSPS) is 18.7. The largest absolute Gasteiger partial charge is 0.343 e. The maximum absolute atomic E-state index is 13.5. The number of hydrogen-bond acceptors (Lipinski definition) is 4. The fourth-order valence-electron chi connectivity index (χ4n) is 4.29. The topological polar surface area (TPSA) is 103 Å². The Morgan fingerprint density at radius 2 is 2.15 bits per heavy atom. The number of rotatable bonds is 11. The number of aldehydes is 1. The highest BCUT2D eigenvalue weighted by atomic mass is 19.3. The van der Waals surface area contributed by atoms with Crippen LogP contribution in [-0.2, 0) is 9.59 Å². The number of aliphatic imine (C=N–C) groups is 2. The first-order chi connectivity index (χ1) is 19.5. The summed E-state index contributed by atoms with van der Waals surface area (Å²) in [5, 5.41) is 9.93. The number of alkyl halides is 2. The van der Waals surface area contributed by atoms with E-state index in [9.17, 15) is 18.4 Å². The Morgan fingerprint density at radius 3 is 2.76 bits per heavy atom. The lowest BCUT2D eigenvalue weighted by atomic mass is 10.0. The van der Waals surface area contributed by atoms with Crippen molar-refractivity contribution in [2.24, 2.45) is 21.8 Å². The third-order valence-electron chi connectivity index (χ3n) is 6.33. The van der Waals surface area contributed by atoms with E-state index in [1.165, 1.54) is 0 Å². The molecule has 2 rings (SSSR count). The van der Waals surface area contributed by atoms with Gasteiger partial charge in [-0.05, 0) is 50.8 Å². The molecule has 0 fully saturated rings. The zero-order valence-electron chi connectivity index (χ0n) is 24.7. The first-order valence-electron chi connectivity index (χ1n) is 13.9. The van der Waals surface area contributed by atoms with E-state index in [0.29, 0.717) is 43.4 Å². The third-order valence-corrected chi connectivity index (χ3v) is 6.33. The average Bonchev–Trinajstić information content (AvgIpc) is 3.47. The molecule has 1 aromatic heterocycles. The van der Waals surface area contributed by atoms with E-state index >= 15 is 0 Å². The molecule has 0 saturated heterocycles. The summed E-state index contributed by atoms with van der Waals surface area (Å²) in [7, 11) is 0. The molecule has 222 valence electrons. The first-order valence-corrected chi connectivity index (χ1v) is 13.9. The van der Waals surface area contributed by atoms with Crippen molar-refractivity contribution in [3.8, 4) is 0 Å². The van der Waals surface area contributed by atoms with E-state index in [1.54, 1.807) is 30.3 Å². The van der Waals surface area contributed by atoms with Crippen LogP contribution in [0.4, 0.5) is 8.78 Å². The quantitative estimate of drug-likeness (QED) is 0.150. The number of nitrogens with zero attached hydrogens (tertiary/aromatic N) is 4. The molecule has 8 nitrogen and oxygen atoms in total. The Hall–Kier alpha value is -3.95. The number of H-pyrrole nitrogens is 1. The Bertz CT molecular complexity index is 1220. The van der Waals surface area contributed by atoms with Crippen LogP contribution in [-0.4, -0.2) is 64.5 Å². The molecule has 2 N–H and O–H groups in total. The van der Waals surface area contributed by atoms with Gasteiger partial charge in [0, 0.05) is 55.0 Å². The van der Waals surface area contributed by atoms with Crippen LogP contribution in [0, 0.1) is 11.8 Å². The lowest BCUT2D eigenvalue weighted by Crippen LogP contribution is -2.39. The number of nitrogens with one attached hydrogen (secondary N) is 2. The molecule has 0 aromatic carbocycles. The molecule has 2 atom stereocenters. The van der Waals surface area contributed by atoms with Crippen molar-refractivity contribution in [3.05, 3.63) is 72.3 Å². The summed E-state index contributed by atoms with van der Waals surface area (Å²) in [6.45, 7) is 13.4. The van der Waals surface area contributed by atoms with Crippen molar-refractivity contribution in [1.29, 1.82) is 0 Å². The van der Waals surface area contributed by atoms with Crippen LogP contribution < -0.4 is 5.32 Å². The molecular weight excluding hydrogens is 526 g/mol. The number of aromatic amines is 1. The van der Waals surface area contributed by atoms with Crippen molar-refractivity contribution >= 4 is 29.4 Å². The van der Waals surface area contributed by atoms with Gasteiger partial charge in [-0.1, -0.05) is 44.7 Å². The first kappa shape index (κ1) is 33.3. The van der Waals surface area contributed by atoms with Gasteiger partial charge in [0.2, 0.25) is 11.8 Å². The average molecular weight is 569 g/mol. The molecule has 1 aromatic rings. The molecule has 0 spiro atoms. The van der Waals surface area contributed by atoms with Crippen LogP contribution in [0.2, 0.25) is 0 Å². The Balaban J connectivity index is 2.31. The zero-order chi connectivity index (χ0) is 30.4. The summed E-state index contributed by atoms with van der Waals surface area (Å²) < 4.78 is 27.1. The molecule has 10 heteroatoms. The fourth-order valence-corrected chi connectivity index (χ4v) is 4.29. The maximum Gasteiger partial charge on any atom is 0.246 e. The number of aromatic nitrogens is 2. The zero-order valence-corrected chi connectivity index (χ0v) is 24.7. The second kappa shape index (κ2) is 16.3. The van der Waals surface area contributed by atoms with E-state index < -0.39 is 18.3 Å². The van der Waals surface area contributed by atoms with E-state index in [0.717, 1.165) is 29.9 Å². The number of halogens is 2. The molecule has 0 aliphatic carbocycles. The minimum atomic E-state index is -2.90. The molecule has 2 unspecified atom stereocenters. The van der Waals surface area contributed by atoms with Gasteiger partial charge in [-0.15, -0.1) is 0 Å². The van der Waals surface area contributed by atoms with Crippen molar-refractivity contribution in [3.63, 3.8) is 0 Å². The fraction of sp³-hybridized carbons (Fsp3) is 0.452. The van der Waals surface area contributed by atoms with Gasteiger partial charge in [-0.25, -0.2) is 13.8 Å². The van der Waals surface area contributed by atoms with Crippen molar-refractivity contribution in [2.45, 2.75) is 59.8 Å². The second-order valence-electron chi connectivity index (χ2n) is 10.3. The summed E-state index contributed by atoms with van der Waals surface area (Å²) in [6.07, 6.45) is 15.5. The van der Waals surface area contributed by atoms with Gasteiger partial charge in [0.15, 0.2) is 5.84 Å². The van der Waals surface area contributed by atoms with Crippen LogP contribution in [0.15, 0.2) is 76.7 Å². The second-order valence-corrected chi connectivity index (χ2v) is 10.3. The highest BCUT2D eigenvalue weighted by molar-refractivity contribution is 6.10. The van der Waals surface area contributed by atoms with E-state index in [-0.39, 0.29) is 18.2 Å². The maximum atomic E-state index is 13.5. The number of carbonyl (C=O) groups is 2. The van der Waals surface area contributed by atoms with Gasteiger partial charge < -0.3 is 15.0 Å². The molecule has 0 saturated carbocycles. The van der Waals surface area contributed by atoms with Crippen LogP contribution in [0.25, 0.3) is 5.57 Å². The lowest BCUT2D eigenvalue weighted by Gasteiger charge is -2.28. The molecule has 0 bridgehead atoms. The minimum Gasteiger partial charge on any atom is -0.343 e. The van der Waals surface area contributed by atoms with Gasteiger partial charge in [0.25, 0.3) is 0 Å². The number of hydrogen-bond donors (Lipinski definition) is 2. The molecule has 1 amide bonds. The number of amides is 1. The SMILES string of the molecule is C=C/C(=C\C=C(/C)c1cn[nH]c1)NC(CC=O)=NC(=NCC)C1=CCCN(C(=O)C(C)CC(C)(F)F)CC(C)C=C1. The highest BCUT2D eigenvalue weighted by Crippen LogP contribution is 2.24. The summed E-state index contributed by atoms with van der Waals surface area (Å²) in [5.74, 6) is -3.12.